The zero-order valence-electron chi connectivity index (χ0n) is 11.9. The molecule has 0 amide bonds. The van der Waals surface area contributed by atoms with Crippen molar-refractivity contribution in [2.75, 3.05) is 32.4 Å². The highest BCUT2D eigenvalue weighted by atomic mass is 32.2. The maximum Gasteiger partial charge on any atom is 0.0444 e. The highest BCUT2D eigenvalue weighted by Crippen LogP contribution is 2.30. The Morgan fingerprint density at radius 3 is 2.67 bits per heavy atom. The Labute approximate surface area is 114 Å². The molecule has 0 aromatic carbocycles. The van der Waals surface area contributed by atoms with E-state index in [0.717, 1.165) is 26.2 Å². The average molecular weight is 272 g/mol. The van der Waals surface area contributed by atoms with Gasteiger partial charge >= 0.3 is 0 Å². The predicted molar refractivity (Wildman–Crippen MR) is 78.4 cm³/mol. The second kappa shape index (κ2) is 6.49. The van der Waals surface area contributed by atoms with Crippen LogP contribution in [0.1, 0.15) is 45.4 Å². The van der Waals surface area contributed by atoms with Gasteiger partial charge in [-0.2, -0.15) is 0 Å². The van der Waals surface area contributed by atoms with E-state index in [-0.39, 0.29) is 0 Å². The molecule has 2 aliphatic rings. The van der Waals surface area contributed by atoms with Crippen molar-refractivity contribution in [1.82, 2.24) is 10.2 Å². The Balaban J connectivity index is 1.96. The second-order valence-electron chi connectivity index (χ2n) is 6.17. The lowest BCUT2D eigenvalue weighted by atomic mass is 9.81. The van der Waals surface area contributed by atoms with E-state index < -0.39 is 10.8 Å². The summed E-state index contributed by atoms with van der Waals surface area (Å²) in [5, 5.41) is 4.11. The van der Waals surface area contributed by atoms with Crippen LogP contribution >= 0.6 is 0 Å². The highest BCUT2D eigenvalue weighted by Gasteiger charge is 2.35. The minimum absolute atomic E-state index is 0.295. The number of nitrogens with one attached hydrogen (secondary N) is 1. The minimum atomic E-state index is -0.696. The lowest BCUT2D eigenvalue weighted by Crippen LogP contribution is -2.53. The van der Waals surface area contributed by atoms with Gasteiger partial charge in [0.25, 0.3) is 0 Å². The van der Waals surface area contributed by atoms with Gasteiger partial charge in [0.2, 0.25) is 0 Å². The van der Waals surface area contributed by atoms with Crippen LogP contribution in [0.15, 0.2) is 0 Å². The fourth-order valence-electron chi connectivity index (χ4n) is 3.41. The first-order valence-corrected chi connectivity index (χ1v) is 9.03. The molecule has 1 saturated carbocycles. The third-order valence-electron chi connectivity index (χ3n) is 4.57. The van der Waals surface area contributed by atoms with Gasteiger partial charge in [0.15, 0.2) is 0 Å². The summed E-state index contributed by atoms with van der Waals surface area (Å²) < 4.78 is 11.5. The third kappa shape index (κ3) is 3.78. The van der Waals surface area contributed by atoms with Crippen molar-refractivity contribution in [3.8, 4) is 0 Å². The van der Waals surface area contributed by atoms with E-state index in [2.05, 4.69) is 17.1 Å². The van der Waals surface area contributed by atoms with E-state index in [4.69, 9.17) is 0 Å². The van der Waals surface area contributed by atoms with Gasteiger partial charge in [-0.15, -0.1) is 0 Å². The van der Waals surface area contributed by atoms with E-state index >= 15 is 0 Å². The summed E-state index contributed by atoms with van der Waals surface area (Å²) in [5.41, 5.74) is 0.365. The topological polar surface area (TPSA) is 32.3 Å². The normalized spacial score (nSPS) is 28.8. The Morgan fingerprint density at radius 2 is 2.00 bits per heavy atom. The predicted octanol–water partition coefficient (Wildman–Crippen LogP) is 1.75. The Morgan fingerprint density at radius 1 is 1.28 bits per heavy atom. The van der Waals surface area contributed by atoms with Gasteiger partial charge in [-0.05, 0) is 39.3 Å². The van der Waals surface area contributed by atoms with Gasteiger partial charge in [-0.1, -0.05) is 19.3 Å². The van der Waals surface area contributed by atoms with E-state index in [1.807, 2.05) is 6.26 Å². The van der Waals surface area contributed by atoms with Crippen molar-refractivity contribution in [2.45, 2.75) is 56.2 Å². The molecule has 3 nitrogen and oxygen atoms in total. The van der Waals surface area contributed by atoms with Gasteiger partial charge in [0.1, 0.15) is 0 Å². The van der Waals surface area contributed by atoms with Crippen LogP contribution in [0, 0.1) is 0 Å². The van der Waals surface area contributed by atoms with Crippen LogP contribution < -0.4 is 5.32 Å². The number of hydrogen-bond donors (Lipinski definition) is 1. The lowest BCUT2D eigenvalue weighted by Gasteiger charge is -2.40. The molecule has 0 radical (unpaired) electrons. The van der Waals surface area contributed by atoms with E-state index in [1.165, 1.54) is 38.5 Å². The molecule has 1 aliphatic heterocycles. The van der Waals surface area contributed by atoms with Crippen LogP contribution in [0.3, 0.4) is 0 Å². The second-order valence-corrected chi connectivity index (χ2v) is 7.97. The molecule has 0 aromatic rings. The third-order valence-corrected chi connectivity index (χ3v) is 5.85. The SMILES string of the molecule is CC(CN1CCCNC2(CCCCC2)C1)S(C)=O. The van der Waals surface area contributed by atoms with Crippen molar-refractivity contribution in [3.05, 3.63) is 0 Å². The molecule has 1 spiro atoms. The molecule has 2 rings (SSSR count). The van der Waals surface area contributed by atoms with E-state index in [0.29, 0.717) is 10.8 Å². The van der Waals surface area contributed by atoms with Crippen LogP contribution in [-0.4, -0.2) is 52.3 Å². The first kappa shape index (κ1) is 14.5. The van der Waals surface area contributed by atoms with Crippen molar-refractivity contribution in [2.24, 2.45) is 0 Å². The van der Waals surface area contributed by atoms with Gasteiger partial charge < -0.3 is 10.2 Å². The van der Waals surface area contributed by atoms with Crippen LogP contribution in [0.25, 0.3) is 0 Å². The number of rotatable bonds is 3. The lowest BCUT2D eigenvalue weighted by molar-refractivity contribution is 0.165. The molecule has 1 heterocycles. The van der Waals surface area contributed by atoms with E-state index in [1.54, 1.807) is 0 Å². The number of hydrogen-bond acceptors (Lipinski definition) is 3. The van der Waals surface area contributed by atoms with Crippen molar-refractivity contribution in [1.29, 1.82) is 0 Å². The van der Waals surface area contributed by atoms with Crippen molar-refractivity contribution in [3.63, 3.8) is 0 Å². The van der Waals surface area contributed by atoms with Crippen LogP contribution in [-0.2, 0) is 10.8 Å². The van der Waals surface area contributed by atoms with Crippen LogP contribution in [0.4, 0.5) is 0 Å². The summed E-state index contributed by atoms with van der Waals surface area (Å²) in [6, 6.07) is 0. The molecule has 2 atom stereocenters. The fourth-order valence-corrected chi connectivity index (χ4v) is 3.83. The van der Waals surface area contributed by atoms with Crippen molar-refractivity contribution < 1.29 is 4.21 Å². The van der Waals surface area contributed by atoms with Gasteiger partial charge in [0.05, 0.1) is 0 Å². The summed E-state index contributed by atoms with van der Waals surface area (Å²) >= 11 is 0. The molecule has 1 aliphatic carbocycles. The number of nitrogens with zero attached hydrogens (tertiary/aromatic N) is 1. The summed E-state index contributed by atoms with van der Waals surface area (Å²) in [4.78, 5) is 2.55. The maximum atomic E-state index is 11.5. The molecule has 1 saturated heterocycles. The fraction of sp³-hybridized carbons (Fsp3) is 1.00. The molecule has 106 valence electrons. The first-order chi connectivity index (χ1) is 8.61. The minimum Gasteiger partial charge on any atom is -0.310 e. The molecule has 2 unspecified atom stereocenters. The van der Waals surface area contributed by atoms with Crippen LogP contribution in [0.2, 0.25) is 0 Å². The van der Waals surface area contributed by atoms with Gasteiger partial charge in [0, 0.05) is 40.9 Å². The molecular formula is C14H28N2OS. The average Bonchev–Trinajstić information content (AvgIpc) is 2.53. The smallest absolute Gasteiger partial charge is 0.0444 e. The summed E-state index contributed by atoms with van der Waals surface area (Å²) in [7, 11) is -0.696. The summed E-state index contributed by atoms with van der Waals surface area (Å²) in [5.74, 6) is 0. The van der Waals surface area contributed by atoms with Crippen molar-refractivity contribution >= 4 is 10.8 Å². The molecule has 0 aromatic heterocycles. The Hall–Kier alpha value is 0.0700. The summed E-state index contributed by atoms with van der Waals surface area (Å²) in [6.45, 7) is 6.58. The molecule has 1 N–H and O–H groups in total. The molecular weight excluding hydrogens is 244 g/mol. The zero-order valence-corrected chi connectivity index (χ0v) is 12.7. The molecule has 4 heteroatoms. The zero-order chi connectivity index (χ0) is 13.0. The standard InChI is InChI=1S/C14H28N2OS/c1-13(18(2)17)11-16-10-6-9-15-14(12-16)7-4-3-5-8-14/h13,15H,3-12H2,1-2H3. The van der Waals surface area contributed by atoms with Crippen LogP contribution in [0.5, 0.6) is 0 Å². The molecule has 2 fully saturated rings. The Bertz CT molecular complexity index is 290. The Kier molecular flexibility index (Phi) is 5.22. The first-order valence-electron chi connectivity index (χ1n) is 7.41. The monoisotopic (exact) mass is 272 g/mol. The quantitative estimate of drug-likeness (QED) is 0.849. The van der Waals surface area contributed by atoms with Gasteiger partial charge in [-0.25, -0.2) is 0 Å². The maximum absolute atomic E-state index is 11.5. The van der Waals surface area contributed by atoms with E-state index in [9.17, 15) is 4.21 Å². The van der Waals surface area contributed by atoms with Gasteiger partial charge in [-0.3, -0.25) is 4.21 Å². The summed E-state index contributed by atoms with van der Waals surface area (Å²) in [6.07, 6.45) is 9.85. The molecule has 0 bridgehead atoms. The largest absolute Gasteiger partial charge is 0.310 e. The molecule has 18 heavy (non-hydrogen) atoms. The highest BCUT2D eigenvalue weighted by molar-refractivity contribution is 7.84.